The lowest BCUT2D eigenvalue weighted by atomic mass is 10.0. The highest BCUT2D eigenvalue weighted by Crippen LogP contribution is 2.14. The van der Waals surface area contributed by atoms with Crippen LogP contribution in [0.3, 0.4) is 0 Å². The minimum atomic E-state index is 0.449. The largest absolute Gasteiger partial charge is 0.356 e. The molecule has 1 atom stereocenters. The van der Waals surface area contributed by atoms with E-state index in [1.54, 1.807) is 18.4 Å². The molecular weight excluding hydrogens is 278 g/mol. The van der Waals surface area contributed by atoms with Crippen molar-refractivity contribution in [1.29, 1.82) is 0 Å². The van der Waals surface area contributed by atoms with Crippen molar-refractivity contribution in [2.75, 3.05) is 13.6 Å². The number of hydrogen-bond acceptors (Lipinski definition) is 2. The first-order valence-corrected chi connectivity index (χ1v) is 8.15. The Morgan fingerprint density at radius 2 is 1.95 bits per heavy atom. The van der Waals surface area contributed by atoms with Crippen LogP contribution in [0.4, 0.5) is 0 Å². The van der Waals surface area contributed by atoms with Gasteiger partial charge in [0.25, 0.3) is 0 Å². The zero-order chi connectivity index (χ0) is 15.1. The normalized spacial score (nSPS) is 13.0. The minimum Gasteiger partial charge on any atom is -0.356 e. The molecule has 1 heterocycles. The summed E-state index contributed by atoms with van der Waals surface area (Å²) in [7, 11) is 1.81. The van der Waals surface area contributed by atoms with Crippen LogP contribution in [-0.4, -0.2) is 19.6 Å². The second-order valence-electron chi connectivity index (χ2n) is 5.25. The fourth-order valence-corrected chi connectivity index (χ4v) is 2.73. The summed E-state index contributed by atoms with van der Waals surface area (Å²) in [5.41, 5.74) is 3.93. The second-order valence-corrected chi connectivity index (χ2v) is 6.03. The summed E-state index contributed by atoms with van der Waals surface area (Å²) < 4.78 is 0. The van der Waals surface area contributed by atoms with E-state index in [4.69, 9.17) is 0 Å². The van der Waals surface area contributed by atoms with Gasteiger partial charge in [-0.1, -0.05) is 36.8 Å². The molecule has 2 N–H and O–H groups in total. The van der Waals surface area contributed by atoms with Gasteiger partial charge in [0.05, 0.1) is 0 Å². The van der Waals surface area contributed by atoms with Crippen LogP contribution >= 0.6 is 11.3 Å². The Morgan fingerprint density at radius 3 is 2.57 bits per heavy atom. The summed E-state index contributed by atoms with van der Waals surface area (Å²) >= 11 is 1.72. The van der Waals surface area contributed by atoms with Crippen molar-refractivity contribution in [2.45, 2.75) is 26.3 Å². The summed E-state index contributed by atoms with van der Waals surface area (Å²) in [6, 6.07) is 10.8. The molecule has 0 bridgehead atoms. The third kappa shape index (κ3) is 4.90. The van der Waals surface area contributed by atoms with Crippen molar-refractivity contribution >= 4 is 17.3 Å². The van der Waals surface area contributed by atoms with Crippen molar-refractivity contribution in [1.82, 2.24) is 10.6 Å². The predicted octanol–water partition coefficient (Wildman–Crippen LogP) is 3.53. The van der Waals surface area contributed by atoms with Crippen molar-refractivity contribution < 1.29 is 0 Å². The van der Waals surface area contributed by atoms with Crippen molar-refractivity contribution in [2.24, 2.45) is 4.99 Å². The van der Waals surface area contributed by atoms with E-state index in [2.05, 4.69) is 70.6 Å². The number of guanidine groups is 1. The number of nitrogens with zero attached hydrogens (tertiary/aromatic N) is 1. The molecule has 0 amide bonds. The van der Waals surface area contributed by atoms with Crippen LogP contribution in [-0.2, 0) is 6.54 Å². The summed E-state index contributed by atoms with van der Waals surface area (Å²) in [5.74, 6) is 1.30. The Hall–Kier alpha value is -1.81. The van der Waals surface area contributed by atoms with Gasteiger partial charge >= 0.3 is 0 Å². The third-order valence-electron chi connectivity index (χ3n) is 3.49. The highest BCUT2D eigenvalue weighted by molar-refractivity contribution is 7.07. The number of benzene rings is 1. The maximum atomic E-state index is 4.27. The molecule has 0 fully saturated rings. The van der Waals surface area contributed by atoms with Gasteiger partial charge in [-0.3, -0.25) is 4.99 Å². The molecule has 2 aromatic rings. The van der Waals surface area contributed by atoms with Crippen LogP contribution < -0.4 is 10.6 Å². The number of thiophene rings is 1. The predicted molar refractivity (Wildman–Crippen MR) is 92.1 cm³/mol. The summed E-state index contributed by atoms with van der Waals surface area (Å²) in [4.78, 5) is 4.27. The standard InChI is InChI=1S/C17H23N3S/c1-13-4-6-16(7-5-13)14(2)10-19-17(18-3)20-11-15-8-9-21-12-15/h4-9,12,14H,10-11H2,1-3H3,(H2,18,19,20). The number of nitrogens with one attached hydrogen (secondary N) is 2. The van der Waals surface area contributed by atoms with E-state index < -0.39 is 0 Å². The molecule has 4 heteroatoms. The van der Waals surface area contributed by atoms with Crippen LogP contribution in [0.1, 0.15) is 29.5 Å². The smallest absolute Gasteiger partial charge is 0.191 e. The Kier molecular flexibility index (Phi) is 5.81. The van der Waals surface area contributed by atoms with Gasteiger partial charge in [-0.05, 0) is 40.8 Å². The summed E-state index contributed by atoms with van der Waals surface area (Å²) in [5, 5.41) is 11.0. The molecule has 112 valence electrons. The number of aryl methyl sites for hydroxylation is 1. The molecule has 3 nitrogen and oxygen atoms in total. The van der Waals surface area contributed by atoms with Gasteiger partial charge in [0.15, 0.2) is 5.96 Å². The highest BCUT2D eigenvalue weighted by atomic mass is 32.1. The lowest BCUT2D eigenvalue weighted by Crippen LogP contribution is -2.38. The van der Waals surface area contributed by atoms with Crippen LogP contribution in [0.25, 0.3) is 0 Å². The van der Waals surface area contributed by atoms with Gasteiger partial charge in [-0.15, -0.1) is 0 Å². The lowest BCUT2D eigenvalue weighted by molar-refractivity contribution is 0.699. The molecular formula is C17H23N3S. The molecule has 0 saturated heterocycles. The van der Waals surface area contributed by atoms with E-state index in [0.717, 1.165) is 19.0 Å². The van der Waals surface area contributed by atoms with Crippen LogP contribution in [0.15, 0.2) is 46.1 Å². The average Bonchev–Trinajstić information content (AvgIpc) is 3.01. The zero-order valence-electron chi connectivity index (χ0n) is 12.9. The van der Waals surface area contributed by atoms with Gasteiger partial charge in [-0.2, -0.15) is 11.3 Å². The first-order valence-electron chi connectivity index (χ1n) is 7.21. The summed E-state index contributed by atoms with van der Waals surface area (Å²) in [6.07, 6.45) is 0. The number of rotatable bonds is 5. The topological polar surface area (TPSA) is 36.4 Å². The van der Waals surface area contributed by atoms with Gasteiger partial charge in [-0.25, -0.2) is 0 Å². The van der Waals surface area contributed by atoms with E-state index >= 15 is 0 Å². The highest BCUT2D eigenvalue weighted by Gasteiger charge is 2.06. The van der Waals surface area contributed by atoms with Gasteiger partial charge < -0.3 is 10.6 Å². The first-order chi connectivity index (χ1) is 10.2. The maximum Gasteiger partial charge on any atom is 0.191 e. The lowest BCUT2D eigenvalue weighted by Gasteiger charge is -2.16. The van der Waals surface area contributed by atoms with Crippen molar-refractivity contribution in [3.05, 3.63) is 57.8 Å². The molecule has 1 aromatic heterocycles. The number of aliphatic imine (C=N–C) groups is 1. The molecule has 0 aliphatic carbocycles. The molecule has 21 heavy (non-hydrogen) atoms. The zero-order valence-corrected chi connectivity index (χ0v) is 13.7. The van der Waals surface area contributed by atoms with Crippen LogP contribution in [0, 0.1) is 6.92 Å². The fraction of sp³-hybridized carbons (Fsp3) is 0.353. The van der Waals surface area contributed by atoms with E-state index in [0.29, 0.717) is 5.92 Å². The molecule has 0 aliphatic rings. The van der Waals surface area contributed by atoms with E-state index in [1.807, 2.05) is 0 Å². The van der Waals surface area contributed by atoms with Crippen molar-refractivity contribution in [3.8, 4) is 0 Å². The Morgan fingerprint density at radius 1 is 1.19 bits per heavy atom. The Balaban J connectivity index is 1.81. The van der Waals surface area contributed by atoms with Crippen molar-refractivity contribution in [3.63, 3.8) is 0 Å². The van der Waals surface area contributed by atoms with Crippen LogP contribution in [0.2, 0.25) is 0 Å². The minimum absolute atomic E-state index is 0.449. The monoisotopic (exact) mass is 301 g/mol. The van der Waals surface area contributed by atoms with Gasteiger partial charge in [0.1, 0.15) is 0 Å². The van der Waals surface area contributed by atoms with E-state index in [9.17, 15) is 0 Å². The van der Waals surface area contributed by atoms with Gasteiger partial charge in [0.2, 0.25) is 0 Å². The molecule has 1 aromatic carbocycles. The Bertz CT molecular complexity index is 558. The first kappa shape index (κ1) is 15.6. The fourth-order valence-electron chi connectivity index (χ4n) is 2.06. The van der Waals surface area contributed by atoms with E-state index in [1.165, 1.54) is 16.7 Å². The quantitative estimate of drug-likeness (QED) is 0.655. The average molecular weight is 301 g/mol. The molecule has 2 rings (SSSR count). The molecule has 0 radical (unpaired) electrons. The summed E-state index contributed by atoms with van der Waals surface area (Å²) in [6.45, 7) is 6.02. The number of hydrogen-bond donors (Lipinski definition) is 2. The molecule has 1 unspecified atom stereocenters. The van der Waals surface area contributed by atoms with Gasteiger partial charge in [0, 0.05) is 20.1 Å². The van der Waals surface area contributed by atoms with Crippen LogP contribution in [0.5, 0.6) is 0 Å². The maximum absolute atomic E-state index is 4.27. The molecule has 0 spiro atoms. The second kappa shape index (κ2) is 7.84. The molecule has 0 aliphatic heterocycles. The third-order valence-corrected chi connectivity index (χ3v) is 4.22. The Labute approximate surface area is 131 Å². The van der Waals surface area contributed by atoms with E-state index in [-0.39, 0.29) is 0 Å². The SMILES string of the molecule is CN=C(NCc1ccsc1)NCC(C)c1ccc(C)cc1. The molecule has 0 saturated carbocycles.